The fourth-order valence-corrected chi connectivity index (χ4v) is 6.04. The van der Waals surface area contributed by atoms with Gasteiger partial charge in [0.1, 0.15) is 12.3 Å². The predicted octanol–water partition coefficient (Wildman–Crippen LogP) is 3.91. The maximum atomic E-state index is 13.4. The van der Waals surface area contributed by atoms with Gasteiger partial charge in [-0.15, -0.1) is 0 Å². The van der Waals surface area contributed by atoms with Gasteiger partial charge in [-0.1, -0.05) is 44.8 Å². The van der Waals surface area contributed by atoms with Crippen LogP contribution in [0, 0.1) is 0 Å². The number of rotatable bonds is 11. The van der Waals surface area contributed by atoms with E-state index in [9.17, 15) is 18.6 Å². The molecule has 1 heterocycles. The van der Waals surface area contributed by atoms with Gasteiger partial charge >= 0.3 is 0 Å². The lowest BCUT2D eigenvalue weighted by Gasteiger charge is -2.39. The van der Waals surface area contributed by atoms with Gasteiger partial charge in [-0.3, -0.25) is 4.57 Å². The van der Waals surface area contributed by atoms with Crippen molar-refractivity contribution in [3.05, 3.63) is 42.2 Å². The van der Waals surface area contributed by atoms with Crippen LogP contribution < -0.4 is 0 Å². The topological polar surface area (TPSA) is 111 Å². The second kappa shape index (κ2) is 10.6. The molecule has 34 heavy (non-hydrogen) atoms. The molecule has 2 N–H and O–H groups in total. The van der Waals surface area contributed by atoms with Crippen LogP contribution >= 0.6 is 0 Å². The summed E-state index contributed by atoms with van der Waals surface area (Å²) < 4.78 is 39.7. The van der Waals surface area contributed by atoms with Crippen molar-refractivity contribution in [1.82, 2.24) is 9.55 Å². The van der Waals surface area contributed by atoms with Gasteiger partial charge < -0.3 is 19.7 Å². The highest BCUT2D eigenvalue weighted by Gasteiger charge is 2.44. The van der Waals surface area contributed by atoms with Crippen molar-refractivity contribution < 1.29 is 28.1 Å². The van der Waals surface area contributed by atoms with Crippen molar-refractivity contribution in [3.8, 4) is 0 Å². The molecule has 1 aliphatic carbocycles. The Morgan fingerprint density at radius 3 is 2.29 bits per heavy atom. The van der Waals surface area contributed by atoms with Gasteiger partial charge in [0.2, 0.25) is 15.0 Å². The highest BCUT2D eigenvalue weighted by molar-refractivity contribution is 7.91. The Morgan fingerprint density at radius 1 is 1.06 bits per heavy atom. The lowest BCUT2D eigenvalue weighted by atomic mass is 9.79. The highest BCUT2D eigenvalue weighted by Crippen LogP contribution is 2.42. The molecule has 10 heteroatoms. The van der Waals surface area contributed by atoms with Gasteiger partial charge in [0.25, 0.3) is 0 Å². The average molecular weight is 511 g/mol. The summed E-state index contributed by atoms with van der Waals surface area (Å²) in [7, 11) is -5.22. The number of ether oxygens (including phenoxy) is 2. The summed E-state index contributed by atoms with van der Waals surface area (Å²) in [5.74, 6) is -1.27. The van der Waals surface area contributed by atoms with Crippen molar-refractivity contribution in [2.24, 2.45) is 0 Å². The van der Waals surface area contributed by atoms with Crippen molar-refractivity contribution >= 4 is 17.9 Å². The van der Waals surface area contributed by atoms with Gasteiger partial charge in [0.05, 0.1) is 10.6 Å². The first-order chi connectivity index (χ1) is 15.9. The fraction of sp³-hybridized carbons (Fsp3) is 0.625. The number of aromatic nitrogens is 2. The third-order valence-electron chi connectivity index (χ3n) is 6.17. The van der Waals surface area contributed by atoms with Crippen LogP contribution in [0.25, 0.3) is 0 Å². The lowest BCUT2D eigenvalue weighted by molar-refractivity contribution is -0.240. The molecule has 0 amide bonds. The van der Waals surface area contributed by atoms with Crippen LogP contribution in [0.2, 0.25) is 25.7 Å². The summed E-state index contributed by atoms with van der Waals surface area (Å²) in [5, 5.41) is 21.9. The fourth-order valence-electron chi connectivity index (χ4n) is 3.92. The van der Waals surface area contributed by atoms with Gasteiger partial charge in [-0.25, -0.2) is 13.4 Å². The Labute approximate surface area is 203 Å². The molecule has 2 aromatic rings. The number of nitrogens with zero attached hydrogens (tertiary/aromatic N) is 2. The Bertz CT molecular complexity index is 1040. The minimum absolute atomic E-state index is 0.0263. The highest BCUT2D eigenvalue weighted by atomic mass is 32.2. The molecule has 190 valence electrons. The zero-order valence-electron chi connectivity index (χ0n) is 20.7. The largest absolute Gasteiger partial charge is 0.383 e. The molecule has 0 saturated heterocycles. The Kier molecular flexibility index (Phi) is 8.42. The molecule has 0 bridgehead atoms. The SMILES string of the molecule is CCCOC1(O)CCC(O)(c2cn(COCC[Si](C)(C)C)c(S(=O)(=O)c3ccccc3)n2)CC1. The smallest absolute Gasteiger partial charge is 0.240 e. The molecule has 0 spiro atoms. The quantitative estimate of drug-likeness (QED) is 0.268. The number of hydrogen-bond acceptors (Lipinski definition) is 7. The number of hydrogen-bond donors (Lipinski definition) is 2. The number of sulfone groups is 1. The molecule has 0 atom stereocenters. The molecule has 0 radical (unpaired) electrons. The third-order valence-corrected chi connectivity index (χ3v) is 9.57. The summed E-state index contributed by atoms with van der Waals surface area (Å²) in [4.78, 5) is 4.56. The second-order valence-corrected chi connectivity index (χ2v) is 17.8. The van der Waals surface area contributed by atoms with Crippen LogP contribution in [0.5, 0.6) is 0 Å². The number of imidazole rings is 1. The van der Waals surface area contributed by atoms with E-state index in [1.165, 1.54) is 16.7 Å². The number of benzene rings is 1. The molecule has 1 aromatic heterocycles. The maximum Gasteiger partial charge on any atom is 0.240 e. The summed E-state index contributed by atoms with van der Waals surface area (Å²) in [6.45, 7) is 9.72. The van der Waals surface area contributed by atoms with Crippen LogP contribution in [0.1, 0.15) is 44.7 Å². The third kappa shape index (κ3) is 6.55. The standard InChI is InChI=1S/C24H38N2O6SSi/c1-5-15-32-24(28)13-11-23(27,12-14-24)21-18-26(19-31-16-17-34(2,3)4)22(25-21)33(29,30)20-9-7-6-8-10-20/h6-10,18,27-28H,5,11-17,19H2,1-4H3. The van der Waals surface area contributed by atoms with Crippen LogP contribution in [-0.2, 0) is 31.6 Å². The number of aliphatic hydroxyl groups is 2. The van der Waals surface area contributed by atoms with Crippen molar-refractivity contribution in [3.63, 3.8) is 0 Å². The summed E-state index contributed by atoms with van der Waals surface area (Å²) >= 11 is 0. The Morgan fingerprint density at radius 2 is 1.71 bits per heavy atom. The first-order valence-corrected chi connectivity index (χ1v) is 17.1. The molecule has 0 unspecified atom stereocenters. The van der Waals surface area contributed by atoms with E-state index in [1.807, 2.05) is 6.92 Å². The Balaban J connectivity index is 1.87. The average Bonchev–Trinajstić information content (AvgIpc) is 3.24. The molecule has 1 aromatic carbocycles. The zero-order valence-corrected chi connectivity index (χ0v) is 22.5. The first kappa shape index (κ1) is 27.0. The molecule has 1 aliphatic rings. The summed E-state index contributed by atoms with van der Waals surface area (Å²) in [6.07, 6.45) is 3.27. The van der Waals surface area contributed by atoms with E-state index in [4.69, 9.17) is 9.47 Å². The molecule has 1 fully saturated rings. The Hall–Kier alpha value is -1.56. The predicted molar refractivity (Wildman–Crippen MR) is 132 cm³/mol. The monoisotopic (exact) mass is 510 g/mol. The van der Waals surface area contributed by atoms with E-state index in [2.05, 4.69) is 24.6 Å². The van der Waals surface area contributed by atoms with Gasteiger partial charge in [-0.05, 0) is 37.4 Å². The van der Waals surface area contributed by atoms with Crippen molar-refractivity contribution in [2.45, 2.75) is 92.9 Å². The van der Waals surface area contributed by atoms with Gasteiger partial charge in [0, 0.05) is 40.3 Å². The van der Waals surface area contributed by atoms with Crippen LogP contribution in [-0.4, -0.2) is 55.3 Å². The van der Waals surface area contributed by atoms with E-state index in [0.717, 1.165) is 12.5 Å². The molecule has 1 saturated carbocycles. The molecular formula is C24H38N2O6SSi. The van der Waals surface area contributed by atoms with Gasteiger partial charge in [-0.2, -0.15) is 0 Å². The van der Waals surface area contributed by atoms with E-state index >= 15 is 0 Å². The zero-order chi connectivity index (χ0) is 25.0. The van der Waals surface area contributed by atoms with E-state index in [-0.39, 0.29) is 48.2 Å². The lowest BCUT2D eigenvalue weighted by Crippen LogP contribution is -2.43. The first-order valence-electron chi connectivity index (χ1n) is 11.9. The minimum Gasteiger partial charge on any atom is -0.383 e. The van der Waals surface area contributed by atoms with Crippen LogP contribution in [0.4, 0.5) is 0 Å². The molecule has 0 aliphatic heterocycles. The molecule has 8 nitrogen and oxygen atoms in total. The summed E-state index contributed by atoms with van der Waals surface area (Å²) in [6, 6.07) is 9.09. The summed E-state index contributed by atoms with van der Waals surface area (Å²) in [5.41, 5.74) is -1.08. The molecule has 3 rings (SSSR count). The van der Waals surface area contributed by atoms with Crippen molar-refractivity contribution in [2.75, 3.05) is 13.2 Å². The normalized spacial score (nSPS) is 23.8. The van der Waals surface area contributed by atoms with E-state index in [0.29, 0.717) is 13.2 Å². The maximum absolute atomic E-state index is 13.4. The second-order valence-electron chi connectivity index (χ2n) is 10.4. The van der Waals surface area contributed by atoms with Crippen LogP contribution in [0.3, 0.4) is 0 Å². The van der Waals surface area contributed by atoms with Crippen LogP contribution in [0.15, 0.2) is 46.6 Å². The van der Waals surface area contributed by atoms with Gasteiger partial charge in [0.15, 0.2) is 5.79 Å². The molecular weight excluding hydrogens is 472 g/mol. The van der Waals surface area contributed by atoms with E-state index < -0.39 is 29.3 Å². The van der Waals surface area contributed by atoms with Crippen molar-refractivity contribution in [1.29, 1.82) is 0 Å². The minimum atomic E-state index is -3.92. The van der Waals surface area contributed by atoms with E-state index in [1.54, 1.807) is 24.4 Å².